The molecule has 0 unspecified atom stereocenters. The van der Waals surface area contributed by atoms with E-state index in [-0.39, 0.29) is 5.82 Å². The Morgan fingerprint density at radius 3 is 2.62 bits per heavy atom. The summed E-state index contributed by atoms with van der Waals surface area (Å²) in [5.41, 5.74) is 1.84. The molecule has 2 aromatic heterocycles. The quantitative estimate of drug-likeness (QED) is 0.399. The van der Waals surface area contributed by atoms with Crippen LogP contribution in [0.4, 0.5) is 10.1 Å². The first-order valence-electron chi connectivity index (χ1n) is 9.41. The summed E-state index contributed by atoms with van der Waals surface area (Å²) in [5, 5.41) is 8.20. The van der Waals surface area contributed by atoms with E-state index < -0.39 is 18.5 Å². The average molecular weight is 474 g/mol. The van der Waals surface area contributed by atoms with Gasteiger partial charge in [0.2, 0.25) is 0 Å². The third-order valence-corrected chi connectivity index (χ3v) is 5.97. The fourth-order valence-corrected chi connectivity index (χ4v) is 4.38. The van der Waals surface area contributed by atoms with Crippen molar-refractivity contribution in [3.63, 3.8) is 0 Å². The SMILES string of the molecule is COc1ccc(NC(=O)COC(=O)c2cc3c(C)nn(-c4ccc(F)cc4)c3s2)cc1Cl. The smallest absolute Gasteiger partial charge is 0.348 e. The standard InChI is InChI=1S/C22H17ClFN3O4S/c1-12-16-10-19(32-21(16)27(26-12)15-6-3-13(24)4-7-15)22(29)31-11-20(28)25-14-5-8-18(30-2)17(23)9-14/h3-10H,11H2,1-2H3,(H,25,28). The van der Waals surface area contributed by atoms with Crippen LogP contribution in [0.15, 0.2) is 48.5 Å². The van der Waals surface area contributed by atoms with Gasteiger partial charge in [-0.05, 0) is 55.5 Å². The van der Waals surface area contributed by atoms with Crippen LogP contribution in [-0.4, -0.2) is 35.4 Å². The molecule has 2 heterocycles. The van der Waals surface area contributed by atoms with Gasteiger partial charge in [-0.3, -0.25) is 4.79 Å². The minimum atomic E-state index is -0.626. The van der Waals surface area contributed by atoms with Gasteiger partial charge < -0.3 is 14.8 Å². The second-order valence-electron chi connectivity index (χ2n) is 6.78. The Kier molecular flexibility index (Phi) is 6.11. The highest BCUT2D eigenvalue weighted by Gasteiger charge is 2.19. The number of halogens is 2. The highest BCUT2D eigenvalue weighted by atomic mass is 35.5. The second kappa shape index (κ2) is 8.97. The van der Waals surface area contributed by atoms with Crippen LogP contribution in [0.25, 0.3) is 15.9 Å². The number of fused-ring (bicyclic) bond motifs is 1. The lowest BCUT2D eigenvalue weighted by atomic mass is 10.3. The number of rotatable bonds is 6. The Balaban J connectivity index is 1.45. The lowest BCUT2D eigenvalue weighted by Crippen LogP contribution is -2.20. The molecule has 10 heteroatoms. The van der Waals surface area contributed by atoms with E-state index in [9.17, 15) is 14.0 Å². The van der Waals surface area contributed by atoms with E-state index in [2.05, 4.69) is 10.4 Å². The van der Waals surface area contributed by atoms with Crippen molar-refractivity contribution in [1.82, 2.24) is 9.78 Å². The number of nitrogens with zero attached hydrogens (tertiary/aromatic N) is 2. The molecule has 7 nitrogen and oxygen atoms in total. The molecular weight excluding hydrogens is 457 g/mol. The number of hydrogen-bond acceptors (Lipinski definition) is 6. The van der Waals surface area contributed by atoms with Gasteiger partial charge in [-0.1, -0.05) is 11.6 Å². The summed E-state index contributed by atoms with van der Waals surface area (Å²) in [5.74, 6) is -0.997. The lowest BCUT2D eigenvalue weighted by Gasteiger charge is -2.08. The highest BCUT2D eigenvalue weighted by molar-refractivity contribution is 7.20. The molecule has 0 spiro atoms. The van der Waals surface area contributed by atoms with Crippen molar-refractivity contribution in [2.45, 2.75) is 6.92 Å². The zero-order chi connectivity index (χ0) is 22.8. The van der Waals surface area contributed by atoms with Crippen molar-refractivity contribution in [1.29, 1.82) is 0 Å². The summed E-state index contributed by atoms with van der Waals surface area (Å²) in [6.45, 7) is 1.36. The molecule has 4 rings (SSSR count). The van der Waals surface area contributed by atoms with Gasteiger partial charge in [0.05, 0.1) is 23.5 Å². The van der Waals surface area contributed by atoms with Crippen LogP contribution in [0.1, 0.15) is 15.4 Å². The maximum absolute atomic E-state index is 13.2. The van der Waals surface area contributed by atoms with Gasteiger partial charge in [-0.15, -0.1) is 11.3 Å². The number of hydrogen-bond donors (Lipinski definition) is 1. The summed E-state index contributed by atoms with van der Waals surface area (Å²) in [4.78, 5) is 25.7. The van der Waals surface area contributed by atoms with Crippen LogP contribution in [-0.2, 0) is 9.53 Å². The minimum absolute atomic E-state index is 0.330. The number of nitrogens with one attached hydrogen (secondary N) is 1. The fourth-order valence-electron chi connectivity index (χ4n) is 3.05. The maximum atomic E-state index is 13.2. The highest BCUT2D eigenvalue weighted by Crippen LogP contribution is 2.31. The summed E-state index contributed by atoms with van der Waals surface area (Å²) in [6.07, 6.45) is 0. The number of anilines is 1. The summed E-state index contributed by atoms with van der Waals surface area (Å²) >= 11 is 7.22. The summed E-state index contributed by atoms with van der Waals surface area (Å²) in [6, 6.07) is 12.4. The number of carbonyl (C=O) groups is 2. The van der Waals surface area contributed by atoms with Crippen LogP contribution >= 0.6 is 22.9 Å². The number of amides is 1. The van der Waals surface area contributed by atoms with Crippen molar-refractivity contribution in [2.75, 3.05) is 19.0 Å². The second-order valence-corrected chi connectivity index (χ2v) is 8.21. The molecule has 1 N–H and O–H groups in total. The molecule has 0 fully saturated rings. The van der Waals surface area contributed by atoms with Gasteiger partial charge in [-0.2, -0.15) is 5.10 Å². The number of aromatic nitrogens is 2. The third kappa shape index (κ3) is 4.44. The first-order chi connectivity index (χ1) is 15.4. The maximum Gasteiger partial charge on any atom is 0.348 e. The van der Waals surface area contributed by atoms with Crippen molar-refractivity contribution in [2.24, 2.45) is 0 Å². The number of esters is 1. The molecule has 2 aromatic carbocycles. The third-order valence-electron chi connectivity index (χ3n) is 4.59. The van der Waals surface area contributed by atoms with Crippen LogP contribution in [0.3, 0.4) is 0 Å². The molecule has 0 aliphatic carbocycles. The van der Waals surface area contributed by atoms with Gasteiger partial charge >= 0.3 is 5.97 Å². The molecule has 0 atom stereocenters. The Labute approximate surface area is 191 Å². The van der Waals surface area contributed by atoms with Crippen molar-refractivity contribution in [3.8, 4) is 11.4 Å². The van der Waals surface area contributed by atoms with Gasteiger partial charge in [0, 0.05) is 11.1 Å². The van der Waals surface area contributed by atoms with E-state index in [1.165, 1.54) is 36.6 Å². The first-order valence-corrected chi connectivity index (χ1v) is 10.6. The van der Waals surface area contributed by atoms with Crippen LogP contribution in [0, 0.1) is 12.7 Å². The van der Waals surface area contributed by atoms with Crippen LogP contribution < -0.4 is 10.1 Å². The van der Waals surface area contributed by atoms with Crippen LogP contribution in [0.5, 0.6) is 5.75 Å². The van der Waals surface area contributed by atoms with E-state index in [0.717, 1.165) is 10.2 Å². The normalized spacial score (nSPS) is 10.9. The minimum Gasteiger partial charge on any atom is -0.495 e. The molecule has 0 saturated heterocycles. The van der Waals surface area contributed by atoms with Crippen LogP contribution in [0.2, 0.25) is 5.02 Å². The largest absolute Gasteiger partial charge is 0.495 e. The van der Waals surface area contributed by atoms with E-state index in [1.807, 2.05) is 6.92 Å². The number of methoxy groups -OCH3 is 1. The number of benzene rings is 2. The predicted molar refractivity (Wildman–Crippen MR) is 121 cm³/mol. The molecule has 0 saturated carbocycles. The van der Waals surface area contributed by atoms with E-state index >= 15 is 0 Å². The zero-order valence-electron chi connectivity index (χ0n) is 17.0. The Morgan fingerprint density at radius 2 is 1.94 bits per heavy atom. The molecule has 0 aliphatic rings. The molecule has 1 amide bonds. The topological polar surface area (TPSA) is 82.4 Å². The van der Waals surface area contributed by atoms with Gasteiger partial charge in [-0.25, -0.2) is 13.9 Å². The first kappa shape index (κ1) is 21.8. The average Bonchev–Trinajstić information content (AvgIpc) is 3.34. The molecule has 0 bridgehead atoms. The lowest BCUT2D eigenvalue weighted by molar-refractivity contribution is -0.119. The summed E-state index contributed by atoms with van der Waals surface area (Å²) in [7, 11) is 1.49. The molecule has 0 aliphatic heterocycles. The zero-order valence-corrected chi connectivity index (χ0v) is 18.6. The van der Waals surface area contributed by atoms with Gasteiger partial charge in [0.15, 0.2) is 6.61 Å². The molecule has 0 radical (unpaired) electrons. The van der Waals surface area contributed by atoms with Crippen molar-refractivity contribution >= 4 is 50.7 Å². The van der Waals surface area contributed by atoms with E-state index in [0.29, 0.717) is 32.7 Å². The number of aryl methyl sites for hydroxylation is 1. The Hall–Kier alpha value is -3.43. The van der Waals surface area contributed by atoms with Gasteiger partial charge in [0.25, 0.3) is 5.91 Å². The Morgan fingerprint density at radius 1 is 1.19 bits per heavy atom. The molecule has 4 aromatic rings. The fraction of sp³-hybridized carbons (Fsp3) is 0.136. The van der Waals surface area contributed by atoms with E-state index in [4.69, 9.17) is 21.1 Å². The monoisotopic (exact) mass is 473 g/mol. The van der Waals surface area contributed by atoms with E-state index in [1.54, 1.807) is 35.0 Å². The number of ether oxygens (including phenoxy) is 2. The summed E-state index contributed by atoms with van der Waals surface area (Å²) < 4.78 is 25.1. The Bertz CT molecular complexity index is 1320. The van der Waals surface area contributed by atoms with Gasteiger partial charge in [0.1, 0.15) is 21.3 Å². The number of carbonyl (C=O) groups excluding carboxylic acids is 2. The predicted octanol–water partition coefficient (Wildman–Crippen LogP) is 4.99. The molecule has 164 valence electrons. The van der Waals surface area contributed by atoms with Crippen molar-refractivity contribution < 1.29 is 23.5 Å². The van der Waals surface area contributed by atoms with Crippen molar-refractivity contribution in [3.05, 3.63) is 69.9 Å². The molecule has 32 heavy (non-hydrogen) atoms. The molecular formula is C22H17ClFN3O4S. The number of thiophene rings is 1.